The Balaban J connectivity index is 2.58. The summed E-state index contributed by atoms with van der Waals surface area (Å²) in [5.41, 5.74) is 1.05. The lowest BCUT2D eigenvalue weighted by molar-refractivity contribution is -0.131. The quantitative estimate of drug-likeness (QED) is 0.664. The monoisotopic (exact) mass is 315 g/mol. The van der Waals surface area contributed by atoms with E-state index in [0.29, 0.717) is 29.4 Å². The fourth-order valence-corrected chi connectivity index (χ4v) is 2.27. The Kier molecular flexibility index (Phi) is 4.91. The molecule has 1 aliphatic rings. The average Bonchev–Trinajstić information content (AvgIpc) is 2.51. The van der Waals surface area contributed by atoms with E-state index in [4.69, 9.17) is 21.0 Å². The van der Waals surface area contributed by atoms with Crippen molar-refractivity contribution in [2.75, 3.05) is 18.1 Å². The molecule has 1 aromatic rings. The van der Waals surface area contributed by atoms with E-state index in [1.54, 1.807) is 19.1 Å². The van der Waals surface area contributed by atoms with Crippen molar-refractivity contribution in [2.45, 2.75) is 20.0 Å². The molecule has 1 amide bonds. The zero-order chi connectivity index (χ0) is 17.0. The Labute approximate surface area is 134 Å². The summed E-state index contributed by atoms with van der Waals surface area (Å²) in [6, 6.07) is 3.32. The number of hydrogen-bond acceptors (Lipinski definition) is 4. The molecular weight excluding hydrogens is 298 g/mol. The van der Waals surface area contributed by atoms with E-state index in [1.165, 1.54) is 11.0 Å². The van der Waals surface area contributed by atoms with Gasteiger partial charge in [0.2, 0.25) is 0 Å². The van der Waals surface area contributed by atoms with Crippen molar-refractivity contribution in [2.24, 2.45) is 0 Å². The maximum Gasteiger partial charge on any atom is 0.328 e. The molecule has 0 radical (unpaired) electrons. The maximum absolute atomic E-state index is 12.3. The van der Waals surface area contributed by atoms with Gasteiger partial charge in [0.05, 0.1) is 18.8 Å². The number of carbonyl (C=O) groups excluding carboxylic acids is 1. The smallest absolute Gasteiger partial charge is 0.328 e. The van der Waals surface area contributed by atoms with Gasteiger partial charge in [-0.25, -0.2) is 4.79 Å². The van der Waals surface area contributed by atoms with E-state index in [0.717, 1.165) is 6.08 Å². The third-order valence-corrected chi connectivity index (χ3v) is 3.22. The topological polar surface area (TPSA) is 76.1 Å². The van der Waals surface area contributed by atoms with Crippen LogP contribution < -0.4 is 14.4 Å². The summed E-state index contributed by atoms with van der Waals surface area (Å²) in [5, 5.41) is 8.77. The second-order valence-corrected chi connectivity index (χ2v) is 4.86. The molecule has 0 fully saturated rings. The Morgan fingerprint density at radius 2 is 2.30 bits per heavy atom. The summed E-state index contributed by atoms with van der Waals surface area (Å²) in [5.74, 6) is 2.00. The fraction of sp³-hybridized carbons (Fsp3) is 0.294. The molecule has 0 saturated heterocycles. The predicted octanol–water partition coefficient (Wildman–Crippen LogP) is 1.93. The molecule has 1 heterocycles. The third-order valence-electron chi connectivity index (χ3n) is 3.22. The highest BCUT2D eigenvalue weighted by Crippen LogP contribution is 2.43. The predicted molar refractivity (Wildman–Crippen MR) is 85.6 cm³/mol. The van der Waals surface area contributed by atoms with Gasteiger partial charge in [-0.3, -0.25) is 9.69 Å². The summed E-state index contributed by atoms with van der Waals surface area (Å²) in [6.07, 6.45) is 7.11. The number of rotatable bonds is 5. The zero-order valence-electron chi connectivity index (χ0n) is 12.9. The van der Waals surface area contributed by atoms with Crippen molar-refractivity contribution in [3.05, 3.63) is 23.8 Å². The number of carboxylic acid groups (broad SMARTS) is 1. The van der Waals surface area contributed by atoms with Gasteiger partial charge in [-0.2, -0.15) is 0 Å². The van der Waals surface area contributed by atoms with Crippen LogP contribution in [-0.4, -0.2) is 36.2 Å². The molecular formula is C17H17NO5. The number of fused-ring (bicyclic) bond motifs is 1. The van der Waals surface area contributed by atoms with Gasteiger partial charge in [0.1, 0.15) is 0 Å². The van der Waals surface area contributed by atoms with Gasteiger partial charge in [-0.15, -0.1) is 6.42 Å². The summed E-state index contributed by atoms with van der Waals surface area (Å²) >= 11 is 0. The Hall–Kier alpha value is -2.94. The molecule has 1 aromatic carbocycles. The molecule has 0 spiro atoms. The van der Waals surface area contributed by atoms with Crippen LogP contribution in [0.1, 0.15) is 19.4 Å². The highest BCUT2D eigenvalue weighted by Gasteiger charge is 2.33. The summed E-state index contributed by atoms with van der Waals surface area (Å²) < 4.78 is 11.2. The summed E-state index contributed by atoms with van der Waals surface area (Å²) in [7, 11) is 0. The Bertz CT molecular complexity index is 702. The molecule has 0 aromatic heterocycles. The van der Waals surface area contributed by atoms with E-state index >= 15 is 0 Å². The first-order chi connectivity index (χ1) is 11.0. The van der Waals surface area contributed by atoms with E-state index < -0.39 is 12.1 Å². The van der Waals surface area contributed by atoms with Gasteiger partial charge in [0, 0.05) is 6.08 Å². The van der Waals surface area contributed by atoms with E-state index in [1.807, 2.05) is 6.92 Å². The zero-order valence-corrected chi connectivity index (χ0v) is 12.9. The number of carbonyl (C=O) groups is 2. The van der Waals surface area contributed by atoms with Gasteiger partial charge in [-0.05, 0) is 37.6 Å². The summed E-state index contributed by atoms with van der Waals surface area (Å²) in [6.45, 7) is 3.96. The highest BCUT2D eigenvalue weighted by atomic mass is 16.5. The average molecular weight is 315 g/mol. The molecule has 2 rings (SSSR count). The second-order valence-electron chi connectivity index (χ2n) is 4.86. The number of terminal acetylenes is 1. The summed E-state index contributed by atoms with van der Waals surface area (Å²) in [4.78, 5) is 24.4. The molecule has 1 aliphatic heterocycles. The van der Waals surface area contributed by atoms with Gasteiger partial charge in [0.25, 0.3) is 5.91 Å². The molecule has 6 heteroatoms. The first-order valence-electron chi connectivity index (χ1n) is 7.11. The van der Waals surface area contributed by atoms with E-state index in [9.17, 15) is 9.59 Å². The maximum atomic E-state index is 12.3. The molecule has 120 valence electrons. The van der Waals surface area contributed by atoms with E-state index in [2.05, 4.69) is 5.92 Å². The minimum absolute atomic E-state index is 0.0944. The minimum atomic E-state index is -1.07. The Morgan fingerprint density at radius 1 is 1.57 bits per heavy atom. The van der Waals surface area contributed by atoms with Crippen molar-refractivity contribution >= 4 is 23.6 Å². The van der Waals surface area contributed by atoms with E-state index in [-0.39, 0.29) is 12.5 Å². The lowest BCUT2D eigenvalue weighted by Crippen LogP contribution is -2.44. The first kappa shape index (κ1) is 16.4. The minimum Gasteiger partial charge on any atom is -0.490 e. The van der Waals surface area contributed by atoms with Gasteiger partial charge >= 0.3 is 5.97 Å². The lowest BCUT2D eigenvalue weighted by atomic mass is 10.1. The van der Waals surface area contributed by atoms with Crippen LogP contribution in [0, 0.1) is 12.3 Å². The van der Waals surface area contributed by atoms with Crippen LogP contribution in [0.5, 0.6) is 11.5 Å². The number of anilines is 1. The van der Waals surface area contributed by atoms with Crippen LogP contribution in [0.15, 0.2) is 18.2 Å². The normalized spacial score (nSPS) is 16.7. The number of hydrogen-bond donors (Lipinski definition) is 1. The molecule has 0 bridgehead atoms. The number of carboxylic acids is 1. The number of nitrogens with zero attached hydrogens (tertiary/aromatic N) is 1. The second kappa shape index (κ2) is 6.88. The van der Waals surface area contributed by atoms with Crippen molar-refractivity contribution in [3.8, 4) is 23.8 Å². The SMILES string of the molecule is C#CCN1C(=O)C(C)Oc2c(OCC)cc(/C=C/C(=O)O)cc21. The van der Waals surface area contributed by atoms with Crippen molar-refractivity contribution < 1.29 is 24.2 Å². The van der Waals surface area contributed by atoms with Gasteiger partial charge < -0.3 is 14.6 Å². The fourth-order valence-electron chi connectivity index (χ4n) is 2.27. The molecule has 1 unspecified atom stereocenters. The van der Waals surface area contributed by atoms with Gasteiger partial charge in [0.15, 0.2) is 17.6 Å². The molecule has 0 aliphatic carbocycles. The third kappa shape index (κ3) is 3.46. The first-order valence-corrected chi connectivity index (χ1v) is 7.11. The number of aliphatic carboxylic acids is 1. The van der Waals surface area contributed by atoms with Crippen molar-refractivity contribution in [1.29, 1.82) is 0 Å². The van der Waals surface area contributed by atoms with Crippen molar-refractivity contribution in [3.63, 3.8) is 0 Å². The van der Waals surface area contributed by atoms with Crippen LogP contribution in [0.25, 0.3) is 6.08 Å². The van der Waals surface area contributed by atoms with Gasteiger partial charge in [-0.1, -0.05) is 5.92 Å². The molecule has 1 N–H and O–H groups in total. The van der Waals surface area contributed by atoms with Crippen LogP contribution >= 0.6 is 0 Å². The van der Waals surface area contributed by atoms with Crippen LogP contribution in [-0.2, 0) is 9.59 Å². The van der Waals surface area contributed by atoms with Crippen molar-refractivity contribution in [1.82, 2.24) is 0 Å². The highest BCUT2D eigenvalue weighted by molar-refractivity contribution is 6.01. The molecule has 1 atom stereocenters. The largest absolute Gasteiger partial charge is 0.490 e. The standard InChI is InChI=1S/C17H17NO5/c1-4-8-18-13-9-12(6-7-15(19)20)10-14(22-5-2)16(13)23-11(3)17(18)21/h1,6-7,9-11H,5,8H2,2-3H3,(H,19,20)/b7-6+. The van der Waals surface area contributed by atoms with Crippen LogP contribution in [0.3, 0.4) is 0 Å². The number of amides is 1. The molecule has 0 saturated carbocycles. The lowest BCUT2D eigenvalue weighted by Gasteiger charge is -2.33. The van der Waals surface area contributed by atoms with Crippen LogP contribution in [0.2, 0.25) is 0 Å². The molecule has 6 nitrogen and oxygen atoms in total. The molecule has 23 heavy (non-hydrogen) atoms. The number of ether oxygens (including phenoxy) is 2. The number of benzene rings is 1. The van der Waals surface area contributed by atoms with Crippen LogP contribution in [0.4, 0.5) is 5.69 Å². The Morgan fingerprint density at radius 3 is 2.91 bits per heavy atom.